The van der Waals surface area contributed by atoms with Crippen LogP contribution in [0.25, 0.3) is 0 Å². The Morgan fingerprint density at radius 3 is 2.63 bits per heavy atom. The number of rotatable bonds is 3. The quantitative estimate of drug-likeness (QED) is 0.301. The molecule has 0 saturated carbocycles. The monoisotopic (exact) mass is 422 g/mol. The van der Waals surface area contributed by atoms with E-state index in [1.807, 2.05) is 44.8 Å². The molecule has 1 aliphatic heterocycles. The first-order valence-electron chi connectivity index (χ1n) is 6.12. The van der Waals surface area contributed by atoms with Crippen LogP contribution in [0.4, 0.5) is 0 Å². The fourth-order valence-corrected chi connectivity index (χ4v) is 5.86. The first-order chi connectivity index (χ1) is 8.92. The van der Waals surface area contributed by atoms with Crippen molar-refractivity contribution in [3.05, 3.63) is 40.8 Å². The molecule has 2 aromatic heterocycles. The molecule has 0 N–H and O–H groups in total. The lowest BCUT2D eigenvalue weighted by Crippen LogP contribution is -3.00. The van der Waals surface area contributed by atoms with Gasteiger partial charge in [-0.15, -0.1) is 11.8 Å². The third kappa shape index (κ3) is 4.27. The number of nitrogens with zero attached hydrogens (tertiary/aromatic N) is 2. The SMILES string of the molecule is [I-].c1cc(CSc2cc(=[N+]3CCCC3)ss2)ccn1. The Labute approximate surface area is 142 Å². The maximum Gasteiger partial charge on any atom is 0.268 e. The Morgan fingerprint density at radius 2 is 1.89 bits per heavy atom. The van der Waals surface area contributed by atoms with E-state index >= 15 is 0 Å². The van der Waals surface area contributed by atoms with Crippen LogP contribution in [0.5, 0.6) is 0 Å². The summed E-state index contributed by atoms with van der Waals surface area (Å²) < 4.78 is 5.39. The van der Waals surface area contributed by atoms with Gasteiger partial charge in [0.2, 0.25) is 0 Å². The van der Waals surface area contributed by atoms with Crippen LogP contribution in [-0.2, 0) is 5.75 Å². The van der Waals surface area contributed by atoms with Crippen molar-refractivity contribution in [2.24, 2.45) is 0 Å². The number of aromatic nitrogens is 1. The molecule has 0 radical (unpaired) electrons. The lowest BCUT2D eigenvalue weighted by Gasteiger charge is -1.96. The van der Waals surface area contributed by atoms with Gasteiger partial charge < -0.3 is 24.0 Å². The maximum absolute atomic E-state index is 4.05. The Hall–Kier alpha value is 0.0800. The van der Waals surface area contributed by atoms with Crippen molar-refractivity contribution in [3.8, 4) is 0 Å². The molecular formula is C13H15IN2S3. The van der Waals surface area contributed by atoms with Crippen LogP contribution in [0.3, 0.4) is 0 Å². The van der Waals surface area contributed by atoms with E-state index in [-0.39, 0.29) is 24.0 Å². The summed E-state index contributed by atoms with van der Waals surface area (Å²) in [5.41, 5.74) is 1.34. The lowest BCUT2D eigenvalue weighted by molar-refractivity contribution is -0.00000354. The van der Waals surface area contributed by atoms with Crippen molar-refractivity contribution in [1.82, 2.24) is 9.56 Å². The molecule has 1 aliphatic rings. The smallest absolute Gasteiger partial charge is 0.268 e. The molecule has 0 unspecified atom stereocenters. The number of hydrogen-bond donors (Lipinski definition) is 0. The molecule has 1 fully saturated rings. The van der Waals surface area contributed by atoms with Crippen molar-refractivity contribution < 1.29 is 24.0 Å². The fourth-order valence-electron chi connectivity index (χ4n) is 2.01. The van der Waals surface area contributed by atoms with Crippen LogP contribution in [0, 0.1) is 0 Å². The van der Waals surface area contributed by atoms with E-state index in [0.29, 0.717) is 0 Å². The lowest BCUT2D eigenvalue weighted by atomic mass is 10.3. The minimum atomic E-state index is 0. The zero-order valence-electron chi connectivity index (χ0n) is 10.4. The second-order valence-corrected chi connectivity index (χ2v) is 7.77. The molecule has 0 spiro atoms. The molecule has 19 heavy (non-hydrogen) atoms. The molecule has 102 valence electrons. The Bertz CT molecular complexity index is 569. The van der Waals surface area contributed by atoms with Crippen molar-refractivity contribution in [2.45, 2.75) is 22.8 Å². The van der Waals surface area contributed by atoms with Crippen LogP contribution in [-0.4, -0.2) is 18.1 Å². The van der Waals surface area contributed by atoms with Crippen molar-refractivity contribution in [1.29, 1.82) is 0 Å². The largest absolute Gasteiger partial charge is 1.00 e. The van der Waals surface area contributed by atoms with Crippen LogP contribution < -0.4 is 33.2 Å². The number of thioether (sulfide) groups is 1. The summed E-state index contributed by atoms with van der Waals surface area (Å²) in [6.07, 6.45) is 6.43. The zero-order valence-corrected chi connectivity index (χ0v) is 15.0. The van der Waals surface area contributed by atoms with E-state index < -0.39 is 0 Å². The van der Waals surface area contributed by atoms with Crippen molar-refractivity contribution in [3.63, 3.8) is 0 Å². The highest BCUT2D eigenvalue weighted by atomic mass is 127. The van der Waals surface area contributed by atoms with E-state index in [0.717, 1.165) is 5.75 Å². The van der Waals surface area contributed by atoms with E-state index in [1.54, 1.807) is 0 Å². The highest BCUT2D eigenvalue weighted by Crippen LogP contribution is 2.27. The van der Waals surface area contributed by atoms with Gasteiger partial charge in [0, 0.05) is 37.1 Å². The van der Waals surface area contributed by atoms with Crippen molar-refractivity contribution in [2.75, 3.05) is 13.1 Å². The molecule has 1 saturated heterocycles. The molecule has 0 aromatic carbocycles. The highest BCUT2D eigenvalue weighted by Gasteiger charge is 2.15. The minimum absolute atomic E-state index is 0. The van der Waals surface area contributed by atoms with Gasteiger partial charge in [-0.1, -0.05) is 10.3 Å². The van der Waals surface area contributed by atoms with Gasteiger partial charge in [0.1, 0.15) is 13.1 Å². The standard InChI is InChI=1S/C13H15N2S3.HI/c1-2-8-15(7-1)12-9-13(18-17-12)16-10-11-3-5-14-6-4-11;/h3-6,9H,1-2,7-8,10H2;1H/q+1;/p-1. The second-order valence-electron chi connectivity index (χ2n) is 4.31. The van der Waals surface area contributed by atoms with Gasteiger partial charge in [0.15, 0.2) is 0 Å². The normalized spacial score (nSPS) is 14.4. The third-order valence-electron chi connectivity index (χ3n) is 3.00. The molecular weight excluding hydrogens is 407 g/mol. The summed E-state index contributed by atoms with van der Waals surface area (Å²) in [7, 11) is 3.82. The topological polar surface area (TPSA) is 15.9 Å². The Morgan fingerprint density at radius 1 is 1.16 bits per heavy atom. The first-order valence-corrected chi connectivity index (χ1v) is 9.25. The van der Waals surface area contributed by atoms with Gasteiger partial charge in [0.05, 0.1) is 4.21 Å². The fraction of sp³-hybridized carbons (Fsp3) is 0.385. The number of pyridine rings is 1. The van der Waals surface area contributed by atoms with Gasteiger partial charge in [0.25, 0.3) is 4.67 Å². The van der Waals surface area contributed by atoms with Gasteiger partial charge in [-0.3, -0.25) is 4.98 Å². The molecule has 3 heterocycles. The molecule has 0 aliphatic carbocycles. The molecule has 3 rings (SSSR count). The van der Waals surface area contributed by atoms with Gasteiger partial charge in [-0.05, 0) is 28.0 Å². The Kier molecular flexibility index (Phi) is 6.31. The predicted octanol–water partition coefficient (Wildman–Crippen LogP) is 0.0669. The summed E-state index contributed by atoms with van der Waals surface area (Å²) in [5.74, 6) is 1.04. The summed E-state index contributed by atoms with van der Waals surface area (Å²) >= 11 is 1.93. The van der Waals surface area contributed by atoms with Crippen molar-refractivity contribution >= 4 is 32.4 Å². The summed E-state index contributed by atoms with van der Waals surface area (Å²) in [5, 5.41) is 0. The summed E-state index contributed by atoms with van der Waals surface area (Å²) in [6, 6.07) is 6.53. The van der Waals surface area contributed by atoms with E-state index in [9.17, 15) is 0 Å². The first kappa shape index (κ1) is 15.5. The highest BCUT2D eigenvalue weighted by molar-refractivity contribution is 8.02. The molecule has 2 nitrogen and oxygen atoms in total. The molecule has 0 atom stereocenters. The maximum atomic E-state index is 4.05. The summed E-state index contributed by atoms with van der Waals surface area (Å²) in [4.78, 5) is 4.05. The molecule has 0 bridgehead atoms. The van der Waals surface area contributed by atoms with Crippen LogP contribution in [0.2, 0.25) is 0 Å². The Balaban J connectivity index is 0.00000133. The molecule has 0 amide bonds. The van der Waals surface area contributed by atoms with Crippen LogP contribution in [0.1, 0.15) is 18.4 Å². The molecule has 6 heteroatoms. The molecule has 2 aromatic rings. The number of hydrogen-bond acceptors (Lipinski definition) is 4. The third-order valence-corrected chi connectivity index (χ3v) is 7.01. The average molecular weight is 422 g/mol. The number of halogens is 1. The van der Waals surface area contributed by atoms with Gasteiger partial charge >= 0.3 is 0 Å². The predicted molar refractivity (Wildman–Crippen MR) is 80.2 cm³/mol. The van der Waals surface area contributed by atoms with Gasteiger partial charge in [-0.2, -0.15) is 0 Å². The zero-order chi connectivity index (χ0) is 12.2. The van der Waals surface area contributed by atoms with E-state index in [4.69, 9.17) is 0 Å². The van der Waals surface area contributed by atoms with Gasteiger partial charge in [-0.25, -0.2) is 4.58 Å². The van der Waals surface area contributed by atoms with E-state index in [1.165, 1.54) is 40.4 Å². The van der Waals surface area contributed by atoms with E-state index in [2.05, 4.69) is 27.8 Å². The summed E-state index contributed by atoms with van der Waals surface area (Å²) in [6.45, 7) is 2.48. The van der Waals surface area contributed by atoms with Crippen LogP contribution in [0.15, 0.2) is 34.8 Å². The average Bonchev–Trinajstić information content (AvgIpc) is 3.08. The minimum Gasteiger partial charge on any atom is -1.00 e. The second kappa shape index (κ2) is 7.75. The van der Waals surface area contributed by atoms with Crippen LogP contribution >= 0.6 is 32.4 Å².